The number of rotatable bonds is 6. The van der Waals surface area contributed by atoms with Crippen molar-refractivity contribution in [2.45, 2.75) is 12.6 Å². The Labute approximate surface area is 121 Å². The van der Waals surface area contributed by atoms with Crippen molar-refractivity contribution in [1.29, 1.82) is 0 Å². The van der Waals surface area contributed by atoms with Crippen LogP contribution in [0.3, 0.4) is 0 Å². The van der Waals surface area contributed by atoms with Crippen molar-refractivity contribution in [2.24, 2.45) is 0 Å². The maximum atomic E-state index is 12.0. The Hall–Kier alpha value is -2.41. The topological polar surface area (TPSA) is 82.5 Å². The Kier molecular flexibility index (Phi) is 4.89. The highest BCUT2D eigenvalue weighted by atomic mass is 16.5. The number of hydrogen-bond donors (Lipinski definition) is 1. The van der Waals surface area contributed by atoms with E-state index in [0.717, 1.165) is 10.9 Å². The first kappa shape index (κ1) is 15.0. The second kappa shape index (κ2) is 6.85. The minimum atomic E-state index is -0.825. The highest BCUT2D eigenvalue weighted by Gasteiger charge is 2.21. The van der Waals surface area contributed by atoms with Gasteiger partial charge in [-0.25, -0.2) is 4.79 Å². The van der Waals surface area contributed by atoms with E-state index in [4.69, 9.17) is 4.74 Å². The molecule has 0 saturated heterocycles. The van der Waals surface area contributed by atoms with Gasteiger partial charge in [0.25, 0.3) is 0 Å². The summed E-state index contributed by atoms with van der Waals surface area (Å²) in [7, 11) is 2.71. The average Bonchev–Trinajstić information content (AvgIpc) is 2.89. The first-order valence-electron chi connectivity index (χ1n) is 6.42. The van der Waals surface area contributed by atoms with Crippen molar-refractivity contribution >= 4 is 22.8 Å². The van der Waals surface area contributed by atoms with Crippen molar-refractivity contribution in [3.8, 4) is 0 Å². The SMILES string of the molecule is COCC(NC(=O)Cn1ncc2ccccc21)C(=O)OC. The van der Waals surface area contributed by atoms with Gasteiger partial charge in [0.05, 0.1) is 25.4 Å². The minimum absolute atomic E-state index is 0.0186. The third-order valence-corrected chi connectivity index (χ3v) is 3.00. The summed E-state index contributed by atoms with van der Waals surface area (Å²) in [5, 5.41) is 7.68. The van der Waals surface area contributed by atoms with Crippen LogP contribution >= 0.6 is 0 Å². The van der Waals surface area contributed by atoms with E-state index in [1.165, 1.54) is 14.2 Å². The van der Waals surface area contributed by atoms with Crippen molar-refractivity contribution in [3.63, 3.8) is 0 Å². The Bertz CT molecular complexity index is 638. The number of carbonyl (C=O) groups excluding carboxylic acids is 2. The van der Waals surface area contributed by atoms with E-state index in [1.54, 1.807) is 10.9 Å². The van der Waals surface area contributed by atoms with Gasteiger partial charge in [-0.15, -0.1) is 0 Å². The molecule has 7 nitrogen and oxygen atoms in total. The molecule has 0 radical (unpaired) electrons. The molecule has 0 aliphatic heterocycles. The standard InChI is InChI=1S/C14H17N3O4/c1-20-9-11(14(19)21-2)16-13(18)8-17-12-6-4-3-5-10(12)7-15-17/h3-7,11H,8-9H2,1-2H3,(H,16,18). The van der Waals surface area contributed by atoms with Crippen LogP contribution in [-0.4, -0.2) is 48.5 Å². The molecule has 0 aliphatic rings. The number of hydrogen-bond acceptors (Lipinski definition) is 5. The number of esters is 1. The van der Waals surface area contributed by atoms with E-state index in [-0.39, 0.29) is 19.1 Å². The van der Waals surface area contributed by atoms with Crippen LogP contribution in [0.15, 0.2) is 30.5 Å². The van der Waals surface area contributed by atoms with Gasteiger partial charge in [0.15, 0.2) is 6.04 Å². The zero-order valence-electron chi connectivity index (χ0n) is 11.9. The summed E-state index contributed by atoms with van der Waals surface area (Å²) < 4.78 is 11.1. The van der Waals surface area contributed by atoms with Crippen LogP contribution in [0.2, 0.25) is 0 Å². The summed E-state index contributed by atoms with van der Waals surface area (Å²) in [6.45, 7) is 0.0724. The number of amides is 1. The minimum Gasteiger partial charge on any atom is -0.467 e. The van der Waals surface area contributed by atoms with Gasteiger partial charge in [0.1, 0.15) is 6.54 Å². The summed E-state index contributed by atoms with van der Waals surface area (Å²) in [6, 6.07) is 6.75. The molecule has 1 amide bonds. The largest absolute Gasteiger partial charge is 0.467 e. The van der Waals surface area contributed by atoms with Gasteiger partial charge in [-0.1, -0.05) is 18.2 Å². The summed E-state index contributed by atoms with van der Waals surface area (Å²) in [5.74, 6) is -0.883. The summed E-state index contributed by atoms with van der Waals surface area (Å²) in [5.41, 5.74) is 0.856. The molecule has 2 aromatic rings. The average molecular weight is 291 g/mol. The van der Waals surface area contributed by atoms with Crippen LogP contribution in [0, 0.1) is 0 Å². The van der Waals surface area contributed by atoms with E-state index in [2.05, 4.69) is 15.2 Å². The van der Waals surface area contributed by atoms with Gasteiger partial charge in [0, 0.05) is 12.5 Å². The van der Waals surface area contributed by atoms with Crippen LogP contribution < -0.4 is 5.32 Å². The monoisotopic (exact) mass is 291 g/mol. The summed E-state index contributed by atoms with van der Waals surface area (Å²) >= 11 is 0. The lowest BCUT2D eigenvalue weighted by atomic mass is 10.2. The van der Waals surface area contributed by atoms with Crippen molar-refractivity contribution in [2.75, 3.05) is 20.8 Å². The molecule has 1 atom stereocenters. The molecule has 21 heavy (non-hydrogen) atoms. The second-order valence-electron chi connectivity index (χ2n) is 4.46. The lowest BCUT2D eigenvalue weighted by Crippen LogP contribution is -2.45. The van der Waals surface area contributed by atoms with Gasteiger partial charge < -0.3 is 14.8 Å². The van der Waals surface area contributed by atoms with Crippen molar-refractivity contribution < 1.29 is 19.1 Å². The van der Waals surface area contributed by atoms with Crippen LogP contribution in [0.25, 0.3) is 10.9 Å². The zero-order chi connectivity index (χ0) is 15.2. The molecular weight excluding hydrogens is 274 g/mol. The number of fused-ring (bicyclic) bond motifs is 1. The van der Waals surface area contributed by atoms with Crippen LogP contribution in [0.5, 0.6) is 0 Å². The lowest BCUT2D eigenvalue weighted by molar-refractivity contribution is -0.146. The molecule has 0 saturated carbocycles. The number of nitrogens with zero attached hydrogens (tertiary/aromatic N) is 2. The van der Waals surface area contributed by atoms with Gasteiger partial charge in [-0.3, -0.25) is 9.48 Å². The Morgan fingerprint density at radius 3 is 2.81 bits per heavy atom. The zero-order valence-corrected chi connectivity index (χ0v) is 11.9. The quantitative estimate of drug-likeness (QED) is 0.776. The van der Waals surface area contributed by atoms with Crippen LogP contribution in [0.4, 0.5) is 0 Å². The maximum Gasteiger partial charge on any atom is 0.330 e. The summed E-state index contributed by atoms with van der Waals surface area (Å²) in [6.07, 6.45) is 1.69. The molecule has 1 heterocycles. The molecule has 0 aliphatic carbocycles. The van der Waals surface area contributed by atoms with E-state index in [0.29, 0.717) is 0 Å². The predicted octanol–water partition coefficient (Wildman–Crippen LogP) is 0.340. The molecular formula is C14H17N3O4. The van der Waals surface area contributed by atoms with E-state index >= 15 is 0 Å². The number of aromatic nitrogens is 2. The number of benzene rings is 1. The number of methoxy groups -OCH3 is 2. The molecule has 0 spiro atoms. The lowest BCUT2D eigenvalue weighted by Gasteiger charge is -2.15. The molecule has 7 heteroatoms. The third kappa shape index (κ3) is 3.57. The van der Waals surface area contributed by atoms with Gasteiger partial charge in [0.2, 0.25) is 5.91 Å². The molecule has 1 aromatic heterocycles. The van der Waals surface area contributed by atoms with Gasteiger partial charge >= 0.3 is 5.97 Å². The van der Waals surface area contributed by atoms with Gasteiger partial charge in [-0.05, 0) is 6.07 Å². The molecule has 0 fully saturated rings. The molecule has 1 N–H and O–H groups in total. The molecule has 2 rings (SSSR count). The number of ether oxygens (including phenoxy) is 2. The fraction of sp³-hybridized carbons (Fsp3) is 0.357. The van der Waals surface area contributed by atoms with E-state index < -0.39 is 12.0 Å². The molecule has 1 aromatic carbocycles. The second-order valence-corrected chi connectivity index (χ2v) is 4.46. The molecule has 0 bridgehead atoms. The molecule has 1 unspecified atom stereocenters. The fourth-order valence-electron chi connectivity index (χ4n) is 2.01. The highest BCUT2D eigenvalue weighted by Crippen LogP contribution is 2.12. The fourth-order valence-corrected chi connectivity index (χ4v) is 2.01. The molecule has 112 valence electrons. The smallest absolute Gasteiger partial charge is 0.330 e. The maximum absolute atomic E-state index is 12.0. The Balaban J connectivity index is 2.05. The normalized spacial score (nSPS) is 12.1. The number of para-hydroxylation sites is 1. The third-order valence-electron chi connectivity index (χ3n) is 3.00. The first-order valence-corrected chi connectivity index (χ1v) is 6.42. The first-order chi connectivity index (χ1) is 10.2. The number of carbonyl (C=O) groups is 2. The van der Waals surface area contributed by atoms with E-state index in [1.807, 2.05) is 24.3 Å². The van der Waals surface area contributed by atoms with Crippen molar-refractivity contribution in [1.82, 2.24) is 15.1 Å². The van der Waals surface area contributed by atoms with Gasteiger partial charge in [-0.2, -0.15) is 5.10 Å². The number of nitrogens with one attached hydrogen (secondary N) is 1. The summed E-state index contributed by atoms with van der Waals surface area (Å²) in [4.78, 5) is 23.5. The van der Waals surface area contributed by atoms with E-state index in [9.17, 15) is 9.59 Å². The highest BCUT2D eigenvalue weighted by molar-refractivity contribution is 5.86. The van der Waals surface area contributed by atoms with Crippen LogP contribution in [-0.2, 0) is 25.6 Å². The van der Waals surface area contributed by atoms with Crippen LogP contribution in [0.1, 0.15) is 0 Å². The predicted molar refractivity (Wildman–Crippen MR) is 75.6 cm³/mol. The Morgan fingerprint density at radius 2 is 2.10 bits per heavy atom. The van der Waals surface area contributed by atoms with Crippen molar-refractivity contribution in [3.05, 3.63) is 30.5 Å². The Morgan fingerprint density at radius 1 is 1.33 bits per heavy atom.